The lowest BCUT2D eigenvalue weighted by atomic mass is 10.0. The van der Waals surface area contributed by atoms with Crippen molar-refractivity contribution in [1.82, 2.24) is 14.9 Å². The molecule has 1 heterocycles. The molecule has 0 unspecified atom stereocenters. The van der Waals surface area contributed by atoms with Crippen LogP contribution in [0.2, 0.25) is 0 Å². The van der Waals surface area contributed by atoms with Gasteiger partial charge in [0.2, 0.25) is 0 Å². The van der Waals surface area contributed by atoms with E-state index in [0.717, 1.165) is 39.5 Å². The lowest BCUT2D eigenvalue weighted by molar-refractivity contribution is -0.123. The first-order chi connectivity index (χ1) is 17.3. The highest BCUT2D eigenvalue weighted by atomic mass is 16.5. The Labute approximate surface area is 213 Å². The molecule has 3 aromatic carbocycles. The van der Waals surface area contributed by atoms with E-state index >= 15 is 0 Å². The topological polar surface area (TPSA) is 65.4 Å². The van der Waals surface area contributed by atoms with Crippen molar-refractivity contribution in [2.45, 2.75) is 53.6 Å². The van der Waals surface area contributed by atoms with E-state index in [4.69, 9.17) is 14.5 Å². The summed E-state index contributed by atoms with van der Waals surface area (Å²) >= 11 is 0. The minimum Gasteiger partial charge on any atom is -0.491 e. The molecule has 6 heteroatoms. The zero-order valence-corrected chi connectivity index (χ0v) is 21.8. The van der Waals surface area contributed by atoms with Crippen LogP contribution in [0.3, 0.4) is 0 Å². The minimum absolute atomic E-state index is 0.0427. The van der Waals surface area contributed by atoms with Crippen molar-refractivity contribution in [3.8, 4) is 11.5 Å². The van der Waals surface area contributed by atoms with Gasteiger partial charge in [-0.05, 0) is 73.2 Å². The van der Waals surface area contributed by atoms with Gasteiger partial charge in [-0.1, -0.05) is 50.2 Å². The SMILES string of the molecule is Cc1ccc(C)c(OCC(=O)NCc2nc3ccccc3n2CCOc2cc(C)ccc2C(C)C)c1. The maximum atomic E-state index is 12.5. The molecule has 1 N–H and O–H groups in total. The highest BCUT2D eigenvalue weighted by molar-refractivity contribution is 5.78. The standard InChI is InChI=1S/C30H35N3O3/c1-20(2)24-13-11-22(4)17-28(24)35-15-14-33-26-9-7-6-8-25(26)32-29(33)18-31-30(34)19-36-27-16-21(3)10-12-23(27)5/h6-13,16-17,20H,14-15,18-19H2,1-5H3,(H,31,34). The van der Waals surface area contributed by atoms with Crippen LogP contribution in [0.1, 0.15) is 47.8 Å². The number of para-hydroxylation sites is 2. The molecule has 0 aliphatic rings. The predicted molar refractivity (Wildman–Crippen MR) is 144 cm³/mol. The van der Waals surface area contributed by atoms with Crippen LogP contribution in [0.15, 0.2) is 60.7 Å². The summed E-state index contributed by atoms with van der Waals surface area (Å²) in [5, 5.41) is 2.96. The summed E-state index contributed by atoms with van der Waals surface area (Å²) in [6.07, 6.45) is 0. The number of rotatable bonds is 10. The number of aromatic nitrogens is 2. The number of amides is 1. The monoisotopic (exact) mass is 485 g/mol. The molecule has 1 amide bonds. The molecule has 6 nitrogen and oxygen atoms in total. The number of imidazole rings is 1. The first-order valence-corrected chi connectivity index (χ1v) is 12.5. The molecule has 4 aromatic rings. The Kier molecular flexibility index (Phi) is 7.93. The Morgan fingerprint density at radius 1 is 0.944 bits per heavy atom. The highest BCUT2D eigenvalue weighted by Crippen LogP contribution is 2.27. The third-order valence-electron chi connectivity index (χ3n) is 6.24. The maximum Gasteiger partial charge on any atom is 0.258 e. The molecular formula is C30H35N3O3. The number of carbonyl (C=O) groups is 1. The smallest absolute Gasteiger partial charge is 0.258 e. The second-order valence-corrected chi connectivity index (χ2v) is 9.55. The van der Waals surface area contributed by atoms with Crippen molar-refractivity contribution in [3.05, 3.63) is 88.7 Å². The molecule has 0 spiro atoms. The zero-order chi connectivity index (χ0) is 25.7. The van der Waals surface area contributed by atoms with Gasteiger partial charge in [-0.2, -0.15) is 0 Å². The van der Waals surface area contributed by atoms with Crippen LogP contribution in [0, 0.1) is 20.8 Å². The molecule has 36 heavy (non-hydrogen) atoms. The number of benzene rings is 3. The van der Waals surface area contributed by atoms with Crippen molar-refractivity contribution in [3.63, 3.8) is 0 Å². The van der Waals surface area contributed by atoms with E-state index in [1.807, 2.05) is 56.3 Å². The number of hydrogen-bond donors (Lipinski definition) is 1. The van der Waals surface area contributed by atoms with Crippen molar-refractivity contribution >= 4 is 16.9 Å². The normalized spacial score (nSPS) is 11.2. The molecule has 0 saturated carbocycles. The van der Waals surface area contributed by atoms with Gasteiger partial charge in [-0.25, -0.2) is 4.98 Å². The summed E-state index contributed by atoms with van der Waals surface area (Å²) in [4.78, 5) is 17.3. The fraction of sp³-hybridized carbons (Fsp3) is 0.333. The third kappa shape index (κ3) is 6.06. The zero-order valence-electron chi connectivity index (χ0n) is 21.8. The lowest BCUT2D eigenvalue weighted by Crippen LogP contribution is -2.30. The Bertz CT molecular complexity index is 1360. The Balaban J connectivity index is 1.42. The van der Waals surface area contributed by atoms with Gasteiger partial charge in [0.25, 0.3) is 5.91 Å². The number of nitrogens with one attached hydrogen (secondary N) is 1. The molecule has 4 rings (SSSR count). The molecule has 0 aliphatic heterocycles. The summed E-state index contributed by atoms with van der Waals surface area (Å²) in [7, 11) is 0. The van der Waals surface area contributed by atoms with Gasteiger partial charge in [0.15, 0.2) is 6.61 Å². The van der Waals surface area contributed by atoms with Crippen LogP contribution >= 0.6 is 0 Å². The molecular weight excluding hydrogens is 450 g/mol. The van der Waals surface area contributed by atoms with E-state index in [0.29, 0.717) is 25.6 Å². The summed E-state index contributed by atoms with van der Waals surface area (Å²) < 4.78 is 14.1. The summed E-state index contributed by atoms with van der Waals surface area (Å²) in [5.74, 6) is 2.63. The van der Waals surface area contributed by atoms with Crippen molar-refractivity contribution in [2.75, 3.05) is 13.2 Å². The van der Waals surface area contributed by atoms with Crippen LogP contribution in [0.5, 0.6) is 11.5 Å². The fourth-order valence-electron chi connectivity index (χ4n) is 4.24. The van der Waals surface area contributed by atoms with Gasteiger partial charge >= 0.3 is 0 Å². The molecule has 0 bridgehead atoms. The summed E-state index contributed by atoms with van der Waals surface area (Å²) in [6.45, 7) is 11.8. The summed E-state index contributed by atoms with van der Waals surface area (Å²) in [6, 6.07) is 20.3. The van der Waals surface area contributed by atoms with Crippen LogP contribution in [0.4, 0.5) is 0 Å². The van der Waals surface area contributed by atoms with Crippen LogP contribution in [-0.4, -0.2) is 28.7 Å². The molecule has 1 aromatic heterocycles. The van der Waals surface area contributed by atoms with E-state index in [1.54, 1.807) is 0 Å². The van der Waals surface area contributed by atoms with E-state index in [-0.39, 0.29) is 12.5 Å². The van der Waals surface area contributed by atoms with Crippen molar-refractivity contribution in [1.29, 1.82) is 0 Å². The van der Waals surface area contributed by atoms with Crippen LogP contribution in [0.25, 0.3) is 11.0 Å². The number of aryl methyl sites for hydroxylation is 3. The van der Waals surface area contributed by atoms with E-state index in [9.17, 15) is 4.79 Å². The largest absolute Gasteiger partial charge is 0.491 e. The van der Waals surface area contributed by atoms with Gasteiger partial charge in [0.05, 0.1) is 24.1 Å². The first kappa shape index (κ1) is 25.3. The van der Waals surface area contributed by atoms with Gasteiger partial charge < -0.3 is 19.4 Å². The van der Waals surface area contributed by atoms with Gasteiger partial charge in [-0.3, -0.25) is 4.79 Å². The average Bonchev–Trinajstić information content (AvgIpc) is 3.20. The Hall–Kier alpha value is -3.80. The number of nitrogens with zero attached hydrogens (tertiary/aromatic N) is 2. The third-order valence-corrected chi connectivity index (χ3v) is 6.24. The first-order valence-electron chi connectivity index (χ1n) is 12.5. The minimum atomic E-state index is -0.188. The van der Waals surface area contributed by atoms with Gasteiger partial charge in [0, 0.05) is 0 Å². The molecule has 0 radical (unpaired) electrons. The van der Waals surface area contributed by atoms with Crippen molar-refractivity contribution in [2.24, 2.45) is 0 Å². The molecule has 0 saturated heterocycles. The Morgan fingerprint density at radius 3 is 2.44 bits per heavy atom. The van der Waals surface area contributed by atoms with Gasteiger partial charge in [-0.15, -0.1) is 0 Å². The van der Waals surface area contributed by atoms with Crippen molar-refractivity contribution < 1.29 is 14.3 Å². The van der Waals surface area contributed by atoms with Crippen LogP contribution in [-0.2, 0) is 17.9 Å². The second kappa shape index (κ2) is 11.3. The lowest BCUT2D eigenvalue weighted by Gasteiger charge is -2.16. The molecule has 0 fully saturated rings. The quantitative estimate of drug-likeness (QED) is 0.306. The summed E-state index contributed by atoms with van der Waals surface area (Å²) in [5.41, 5.74) is 6.39. The highest BCUT2D eigenvalue weighted by Gasteiger charge is 2.14. The second-order valence-electron chi connectivity index (χ2n) is 9.55. The predicted octanol–water partition coefficient (Wildman–Crippen LogP) is 5.86. The average molecular weight is 486 g/mol. The molecule has 0 atom stereocenters. The van der Waals surface area contributed by atoms with Gasteiger partial charge in [0.1, 0.15) is 23.9 Å². The number of fused-ring (bicyclic) bond motifs is 1. The maximum absolute atomic E-state index is 12.5. The fourth-order valence-corrected chi connectivity index (χ4v) is 4.24. The molecule has 188 valence electrons. The van der Waals surface area contributed by atoms with E-state index in [1.165, 1.54) is 11.1 Å². The number of carbonyl (C=O) groups excluding carboxylic acids is 1. The van der Waals surface area contributed by atoms with E-state index in [2.05, 4.69) is 48.9 Å². The number of ether oxygens (including phenoxy) is 2. The number of hydrogen-bond acceptors (Lipinski definition) is 4. The van der Waals surface area contributed by atoms with E-state index < -0.39 is 0 Å². The van der Waals surface area contributed by atoms with Crippen LogP contribution < -0.4 is 14.8 Å². The molecule has 0 aliphatic carbocycles. The Morgan fingerprint density at radius 2 is 1.67 bits per heavy atom.